The molecule has 6 heteroatoms. The van der Waals surface area contributed by atoms with Crippen molar-refractivity contribution in [3.05, 3.63) is 47.9 Å². The molecule has 2 aromatic heterocycles. The molecule has 1 aliphatic rings. The lowest BCUT2D eigenvalue weighted by atomic mass is 9.99. The predicted octanol–water partition coefficient (Wildman–Crippen LogP) is 2.86. The minimum atomic E-state index is -0.0474. The van der Waals surface area contributed by atoms with Crippen LogP contribution in [0.25, 0.3) is 22.0 Å². The molecule has 0 saturated carbocycles. The van der Waals surface area contributed by atoms with Gasteiger partial charge in [-0.15, -0.1) is 0 Å². The number of anilines is 1. The monoisotopic (exact) mass is 334 g/mol. The summed E-state index contributed by atoms with van der Waals surface area (Å²) in [5.74, 6) is 0.670. The molecule has 0 aliphatic carbocycles. The lowest BCUT2D eigenvalue weighted by Crippen LogP contribution is -2.23. The molecule has 1 aliphatic heterocycles. The van der Waals surface area contributed by atoms with E-state index in [1.807, 2.05) is 31.2 Å². The summed E-state index contributed by atoms with van der Waals surface area (Å²) in [5, 5.41) is 0.772. The molecule has 4 rings (SSSR count). The Hall–Kier alpha value is -3.15. The Morgan fingerprint density at radius 1 is 1.28 bits per heavy atom. The Labute approximate surface area is 145 Å². The van der Waals surface area contributed by atoms with Gasteiger partial charge in [-0.25, -0.2) is 4.98 Å². The third-order valence-electron chi connectivity index (χ3n) is 4.65. The SMILES string of the molecule is CCN1Cc2nc3c(-c4cnccc4OC)cccc3c(N)c2C1=O. The number of amides is 1. The summed E-state index contributed by atoms with van der Waals surface area (Å²) < 4.78 is 5.46. The van der Waals surface area contributed by atoms with Crippen LogP contribution < -0.4 is 10.5 Å². The number of aromatic nitrogens is 2. The number of nitrogens with two attached hydrogens (primary N) is 1. The highest BCUT2D eigenvalue weighted by Gasteiger charge is 2.31. The number of nitrogen functional groups attached to an aromatic ring is 1. The lowest BCUT2D eigenvalue weighted by molar-refractivity contribution is 0.0787. The number of pyridine rings is 2. The molecule has 6 nitrogen and oxygen atoms in total. The summed E-state index contributed by atoms with van der Waals surface area (Å²) in [6.45, 7) is 3.07. The molecular weight excluding hydrogens is 316 g/mol. The van der Waals surface area contributed by atoms with Crippen molar-refractivity contribution >= 4 is 22.5 Å². The van der Waals surface area contributed by atoms with Gasteiger partial charge in [0.25, 0.3) is 5.91 Å². The zero-order valence-electron chi connectivity index (χ0n) is 14.1. The fourth-order valence-electron chi connectivity index (χ4n) is 3.36. The van der Waals surface area contributed by atoms with Gasteiger partial charge < -0.3 is 15.4 Å². The van der Waals surface area contributed by atoms with Crippen LogP contribution in [0.5, 0.6) is 5.75 Å². The average molecular weight is 334 g/mol. The average Bonchev–Trinajstić information content (AvgIpc) is 2.97. The molecule has 0 atom stereocenters. The summed E-state index contributed by atoms with van der Waals surface area (Å²) >= 11 is 0. The van der Waals surface area contributed by atoms with Gasteiger partial charge in [0.1, 0.15) is 5.75 Å². The van der Waals surface area contributed by atoms with E-state index in [1.54, 1.807) is 24.4 Å². The molecule has 0 unspecified atom stereocenters. The van der Waals surface area contributed by atoms with Crippen molar-refractivity contribution in [1.82, 2.24) is 14.9 Å². The van der Waals surface area contributed by atoms with Crippen molar-refractivity contribution in [1.29, 1.82) is 0 Å². The minimum Gasteiger partial charge on any atom is -0.496 e. The molecule has 2 N–H and O–H groups in total. The first-order chi connectivity index (χ1) is 12.2. The van der Waals surface area contributed by atoms with Crippen molar-refractivity contribution in [2.45, 2.75) is 13.5 Å². The van der Waals surface area contributed by atoms with E-state index in [0.29, 0.717) is 24.3 Å². The highest BCUT2D eigenvalue weighted by molar-refractivity contribution is 6.11. The van der Waals surface area contributed by atoms with E-state index in [-0.39, 0.29) is 5.91 Å². The van der Waals surface area contributed by atoms with Gasteiger partial charge in [-0.05, 0) is 13.0 Å². The number of benzene rings is 1. The molecule has 0 saturated heterocycles. The Morgan fingerprint density at radius 3 is 2.88 bits per heavy atom. The molecule has 0 bridgehead atoms. The van der Waals surface area contributed by atoms with Crippen molar-refractivity contribution in [3.8, 4) is 16.9 Å². The summed E-state index contributed by atoms with van der Waals surface area (Å²) in [5.41, 5.74) is 10.6. The fourth-order valence-corrected chi connectivity index (χ4v) is 3.36. The minimum absolute atomic E-state index is 0.0474. The molecule has 1 amide bonds. The van der Waals surface area contributed by atoms with Crippen molar-refractivity contribution in [2.75, 3.05) is 19.4 Å². The molecule has 126 valence electrons. The highest BCUT2D eigenvalue weighted by atomic mass is 16.5. The molecule has 3 heterocycles. The lowest BCUT2D eigenvalue weighted by Gasteiger charge is -2.12. The molecule has 0 spiro atoms. The van der Waals surface area contributed by atoms with Crippen LogP contribution in [0.4, 0.5) is 5.69 Å². The van der Waals surface area contributed by atoms with Crippen molar-refractivity contribution in [3.63, 3.8) is 0 Å². The molecule has 1 aromatic carbocycles. The van der Waals surface area contributed by atoms with Crippen LogP contribution in [-0.2, 0) is 6.54 Å². The first-order valence-corrected chi connectivity index (χ1v) is 8.14. The smallest absolute Gasteiger partial charge is 0.258 e. The highest BCUT2D eigenvalue weighted by Crippen LogP contribution is 2.38. The molecule has 25 heavy (non-hydrogen) atoms. The molecular formula is C19H18N4O2. The summed E-state index contributed by atoms with van der Waals surface area (Å²) in [4.78, 5) is 23.3. The van der Waals surface area contributed by atoms with Gasteiger partial charge in [0.15, 0.2) is 0 Å². The number of hydrogen-bond acceptors (Lipinski definition) is 5. The predicted molar refractivity (Wildman–Crippen MR) is 96.4 cm³/mol. The maximum atomic E-state index is 12.5. The van der Waals surface area contributed by atoms with Gasteiger partial charge in [-0.2, -0.15) is 0 Å². The van der Waals surface area contributed by atoms with E-state index < -0.39 is 0 Å². The maximum Gasteiger partial charge on any atom is 0.258 e. The zero-order valence-corrected chi connectivity index (χ0v) is 14.1. The summed E-state index contributed by atoms with van der Waals surface area (Å²) in [6, 6.07) is 7.58. The number of nitrogens with zero attached hydrogens (tertiary/aromatic N) is 3. The van der Waals surface area contributed by atoms with Crippen molar-refractivity contribution in [2.24, 2.45) is 0 Å². The second-order valence-electron chi connectivity index (χ2n) is 5.94. The Balaban J connectivity index is 2.01. The van der Waals surface area contributed by atoms with E-state index in [9.17, 15) is 4.79 Å². The molecule has 0 radical (unpaired) electrons. The summed E-state index contributed by atoms with van der Waals surface area (Å²) in [6.07, 6.45) is 3.44. The number of methoxy groups -OCH3 is 1. The van der Waals surface area contributed by atoms with Crippen LogP contribution in [-0.4, -0.2) is 34.4 Å². The van der Waals surface area contributed by atoms with Gasteiger partial charge in [0.2, 0.25) is 0 Å². The fraction of sp³-hybridized carbons (Fsp3) is 0.211. The van der Waals surface area contributed by atoms with Gasteiger partial charge in [0, 0.05) is 35.5 Å². The van der Waals surface area contributed by atoms with Crippen LogP contribution >= 0.6 is 0 Å². The van der Waals surface area contributed by atoms with Crippen LogP contribution in [0.2, 0.25) is 0 Å². The largest absolute Gasteiger partial charge is 0.496 e. The van der Waals surface area contributed by atoms with Crippen molar-refractivity contribution < 1.29 is 9.53 Å². The number of rotatable bonds is 3. The number of para-hydroxylation sites is 1. The van der Waals surface area contributed by atoms with E-state index >= 15 is 0 Å². The normalized spacial score (nSPS) is 13.4. The first kappa shape index (κ1) is 15.4. The molecule has 3 aromatic rings. The quantitative estimate of drug-likeness (QED) is 0.796. The molecule has 0 fully saturated rings. The number of hydrogen-bond donors (Lipinski definition) is 1. The first-order valence-electron chi connectivity index (χ1n) is 8.14. The van der Waals surface area contributed by atoms with E-state index in [0.717, 1.165) is 33.5 Å². The standard InChI is InChI=1S/C19H18N4O2/c1-3-23-10-14-16(19(23)24)17(20)12-6-4-5-11(18(12)22-14)13-9-21-8-7-15(13)25-2/h4-9H,3,10H2,1-2H3,(H2,20,22). The Kier molecular flexibility index (Phi) is 3.53. The van der Waals surface area contributed by atoms with Gasteiger partial charge in [0.05, 0.1) is 36.1 Å². The third-order valence-corrected chi connectivity index (χ3v) is 4.65. The maximum absolute atomic E-state index is 12.5. The second-order valence-corrected chi connectivity index (χ2v) is 5.94. The van der Waals surface area contributed by atoms with E-state index in [2.05, 4.69) is 4.98 Å². The van der Waals surface area contributed by atoms with E-state index in [1.165, 1.54) is 0 Å². The Bertz CT molecular complexity index is 1000. The third kappa shape index (κ3) is 2.21. The van der Waals surface area contributed by atoms with Gasteiger partial charge >= 0.3 is 0 Å². The van der Waals surface area contributed by atoms with Crippen LogP contribution in [0, 0.1) is 0 Å². The topological polar surface area (TPSA) is 81.3 Å². The second kappa shape index (κ2) is 5.73. The number of ether oxygens (including phenoxy) is 1. The van der Waals surface area contributed by atoms with Crippen LogP contribution in [0.3, 0.4) is 0 Å². The summed E-state index contributed by atoms with van der Waals surface area (Å²) in [7, 11) is 1.63. The van der Waals surface area contributed by atoms with E-state index in [4.69, 9.17) is 15.5 Å². The Morgan fingerprint density at radius 2 is 2.12 bits per heavy atom. The van der Waals surface area contributed by atoms with Crippen LogP contribution in [0.1, 0.15) is 23.0 Å². The zero-order chi connectivity index (χ0) is 17.6. The van der Waals surface area contributed by atoms with Gasteiger partial charge in [-0.1, -0.05) is 18.2 Å². The number of carbonyl (C=O) groups excluding carboxylic acids is 1. The van der Waals surface area contributed by atoms with Crippen LogP contribution in [0.15, 0.2) is 36.7 Å². The number of carbonyl (C=O) groups is 1. The van der Waals surface area contributed by atoms with Gasteiger partial charge in [-0.3, -0.25) is 9.78 Å². The number of fused-ring (bicyclic) bond motifs is 2.